The number of piperidine rings is 1. The Balaban J connectivity index is 1.68. The number of nitrogens with zero attached hydrogens (tertiary/aromatic N) is 1. The Morgan fingerprint density at radius 2 is 2.07 bits per heavy atom. The molecule has 5 heteroatoms. The van der Waals surface area contributed by atoms with Gasteiger partial charge in [0.25, 0.3) is 0 Å². The molecular weight excluding hydrogens is 418 g/mol. The van der Waals surface area contributed by atoms with Crippen LogP contribution in [0, 0.1) is 12.8 Å². The highest BCUT2D eigenvalue weighted by Gasteiger charge is 2.34. The van der Waals surface area contributed by atoms with Gasteiger partial charge in [-0.15, -0.1) is 0 Å². The van der Waals surface area contributed by atoms with Crippen LogP contribution in [0.2, 0.25) is 0 Å². The van der Waals surface area contributed by atoms with Crippen LogP contribution in [0.1, 0.15) is 46.8 Å². The van der Waals surface area contributed by atoms with Gasteiger partial charge in [-0.1, -0.05) is 35.0 Å². The van der Waals surface area contributed by atoms with E-state index in [0.29, 0.717) is 35.1 Å². The summed E-state index contributed by atoms with van der Waals surface area (Å²) in [6.45, 7) is 6.69. The zero-order chi connectivity index (χ0) is 19.8. The molecule has 2 heterocycles. The van der Waals surface area contributed by atoms with Gasteiger partial charge in [0.05, 0.1) is 11.1 Å². The number of phenols is 1. The number of ketones is 1. The van der Waals surface area contributed by atoms with Crippen LogP contribution < -0.4 is 4.74 Å². The summed E-state index contributed by atoms with van der Waals surface area (Å²) >= 11 is 3.42. The molecule has 1 fully saturated rings. The molecule has 1 saturated heterocycles. The van der Waals surface area contributed by atoms with E-state index in [1.807, 2.05) is 31.2 Å². The van der Waals surface area contributed by atoms with Crippen LogP contribution >= 0.6 is 15.9 Å². The molecule has 0 amide bonds. The maximum atomic E-state index is 13.0. The first kappa shape index (κ1) is 19.2. The van der Waals surface area contributed by atoms with Crippen molar-refractivity contribution in [3.05, 3.63) is 62.8 Å². The zero-order valence-corrected chi connectivity index (χ0v) is 17.8. The maximum Gasteiger partial charge on any atom is 0.232 e. The molecule has 2 aromatic rings. The molecule has 0 aromatic heterocycles. The van der Waals surface area contributed by atoms with Crippen molar-refractivity contribution in [1.29, 1.82) is 0 Å². The summed E-state index contributed by atoms with van der Waals surface area (Å²) in [7, 11) is 0. The molecule has 0 saturated carbocycles. The van der Waals surface area contributed by atoms with Crippen LogP contribution in [0.15, 0.2) is 40.6 Å². The third kappa shape index (κ3) is 3.74. The van der Waals surface area contributed by atoms with Crippen molar-refractivity contribution in [1.82, 2.24) is 4.90 Å². The van der Waals surface area contributed by atoms with E-state index in [-0.39, 0.29) is 11.5 Å². The van der Waals surface area contributed by atoms with E-state index < -0.39 is 0 Å². The molecule has 0 radical (unpaired) electrons. The molecule has 2 aliphatic heterocycles. The van der Waals surface area contributed by atoms with Crippen LogP contribution in [0.4, 0.5) is 0 Å². The molecule has 0 bridgehead atoms. The van der Waals surface area contributed by atoms with E-state index in [2.05, 4.69) is 27.8 Å². The van der Waals surface area contributed by atoms with Gasteiger partial charge >= 0.3 is 0 Å². The molecule has 2 aromatic carbocycles. The topological polar surface area (TPSA) is 49.8 Å². The second-order valence-electron chi connectivity index (χ2n) is 7.87. The fourth-order valence-corrected chi connectivity index (χ4v) is 4.36. The smallest absolute Gasteiger partial charge is 0.232 e. The highest BCUT2D eigenvalue weighted by molar-refractivity contribution is 9.10. The number of ether oxygens (including phenoxy) is 1. The van der Waals surface area contributed by atoms with Gasteiger partial charge in [0.15, 0.2) is 5.76 Å². The molecule has 4 rings (SSSR count). The van der Waals surface area contributed by atoms with Crippen molar-refractivity contribution in [3.8, 4) is 11.5 Å². The molecule has 0 aliphatic carbocycles. The number of allylic oxidation sites excluding steroid dienone is 1. The number of halogens is 1. The van der Waals surface area contributed by atoms with Gasteiger partial charge in [-0.2, -0.15) is 0 Å². The van der Waals surface area contributed by atoms with Crippen molar-refractivity contribution in [2.75, 3.05) is 13.1 Å². The monoisotopic (exact) mass is 441 g/mol. The minimum absolute atomic E-state index is 0.122. The van der Waals surface area contributed by atoms with E-state index >= 15 is 0 Å². The number of fused-ring (bicyclic) bond motifs is 1. The zero-order valence-electron chi connectivity index (χ0n) is 16.2. The Hall–Kier alpha value is -2.11. The predicted octanol–water partition coefficient (Wildman–Crippen LogP) is 5.31. The molecule has 146 valence electrons. The summed E-state index contributed by atoms with van der Waals surface area (Å²) in [5.74, 6) is 1.55. The minimum Gasteiger partial charge on any atom is -0.507 e. The second-order valence-corrected chi connectivity index (χ2v) is 8.78. The molecule has 4 nitrogen and oxygen atoms in total. The quantitative estimate of drug-likeness (QED) is 0.655. The highest BCUT2D eigenvalue weighted by atomic mass is 79.9. The van der Waals surface area contributed by atoms with E-state index in [0.717, 1.165) is 35.1 Å². The van der Waals surface area contributed by atoms with Gasteiger partial charge in [-0.25, -0.2) is 0 Å². The molecule has 28 heavy (non-hydrogen) atoms. The number of Topliss-reactive ketones (excluding diaryl/α,β-unsaturated/α-hetero) is 1. The van der Waals surface area contributed by atoms with Crippen molar-refractivity contribution in [2.45, 2.75) is 33.2 Å². The molecule has 1 N–H and O–H groups in total. The number of likely N-dealkylation sites (tertiary alicyclic amines) is 1. The van der Waals surface area contributed by atoms with Gasteiger partial charge in [-0.05, 0) is 67.6 Å². The first-order chi connectivity index (χ1) is 13.4. The third-order valence-electron chi connectivity index (χ3n) is 5.51. The number of phenolic OH excluding ortho intramolecular Hbond substituents is 1. The average Bonchev–Trinajstić information content (AvgIpc) is 2.97. The van der Waals surface area contributed by atoms with Crippen molar-refractivity contribution < 1.29 is 14.6 Å². The van der Waals surface area contributed by atoms with E-state index in [1.54, 1.807) is 12.1 Å². The van der Waals surface area contributed by atoms with Gasteiger partial charge in [-0.3, -0.25) is 9.69 Å². The predicted molar refractivity (Wildman–Crippen MR) is 114 cm³/mol. The summed E-state index contributed by atoms with van der Waals surface area (Å²) in [6, 6.07) is 9.40. The van der Waals surface area contributed by atoms with E-state index in [4.69, 9.17) is 4.74 Å². The normalized spacial score (nSPS) is 21.0. The summed E-state index contributed by atoms with van der Waals surface area (Å²) in [4.78, 5) is 15.3. The van der Waals surface area contributed by atoms with E-state index in [1.165, 1.54) is 6.42 Å². The standard InChI is InChI=1S/C23H24BrNO3/c1-14-4-3-9-25(12-14)13-18-19(26)10-15(2)21-22(27)20(28-23(18)21)11-16-5-7-17(24)8-6-16/h5-8,10-11,14,26H,3-4,9,12-13H2,1-2H3/b20-11+. The molecular formula is C23H24BrNO3. The lowest BCUT2D eigenvalue weighted by atomic mass is 9.97. The molecule has 1 unspecified atom stereocenters. The number of carbonyl (C=O) groups excluding carboxylic acids is 1. The Kier molecular flexibility index (Phi) is 5.30. The summed E-state index contributed by atoms with van der Waals surface area (Å²) in [6.07, 6.45) is 4.16. The summed E-state index contributed by atoms with van der Waals surface area (Å²) < 4.78 is 7.01. The van der Waals surface area contributed by atoms with Crippen molar-refractivity contribution in [2.24, 2.45) is 5.92 Å². The second kappa shape index (κ2) is 7.72. The van der Waals surface area contributed by atoms with Crippen LogP contribution in [0.5, 0.6) is 11.5 Å². The lowest BCUT2D eigenvalue weighted by Crippen LogP contribution is -2.33. The first-order valence-corrected chi connectivity index (χ1v) is 10.5. The van der Waals surface area contributed by atoms with Crippen LogP contribution in [-0.2, 0) is 6.54 Å². The molecule has 1 atom stereocenters. The molecule has 0 spiro atoms. The number of hydrogen-bond acceptors (Lipinski definition) is 4. The van der Waals surface area contributed by atoms with Crippen LogP contribution in [0.25, 0.3) is 6.08 Å². The summed E-state index contributed by atoms with van der Waals surface area (Å²) in [5, 5.41) is 10.6. The van der Waals surface area contributed by atoms with Gasteiger partial charge in [0.2, 0.25) is 5.78 Å². The number of carbonyl (C=O) groups is 1. The first-order valence-electron chi connectivity index (χ1n) is 9.70. The van der Waals surface area contributed by atoms with Gasteiger partial charge in [0.1, 0.15) is 11.5 Å². The van der Waals surface area contributed by atoms with Crippen LogP contribution in [-0.4, -0.2) is 28.9 Å². The lowest BCUT2D eigenvalue weighted by Gasteiger charge is -2.31. The van der Waals surface area contributed by atoms with Crippen molar-refractivity contribution in [3.63, 3.8) is 0 Å². The largest absolute Gasteiger partial charge is 0.507 e. The van der Waals surface area contributed by atoms with Gasteiger partial charge in [0, 0.05) is 17.6 Å². The maximum absolute atomic E-state index is 13.0. The lowest BCUT2D eigenvalue weighted by molar-refractivity contribution is 0.101. The van der Waals surface area contributed by atoms with Gasteiger partial charge < -0.3 is 9.84 Å². The average molecular weight is 442 g/mol. The molecule has 2 aliphatic rings. The van der Waals surface area contributed by atoms with Crippen LogP contribution in [0.3, 0.4) is 0 Å². The van der Waals surface area contributed by atoms with E-state index in [9.17, 15) is 9.90 Å². The summed E-state index contributed by atoms with van der Waals surface area (Å²) in [5.41, 5.74) is 2.92. The van der Waals surface area contributed by atoms with Crippen molar-refractivity contribution >= 4 is 27.8 Å². The number of benzene rings is 2. The highest BCUT2D eigenvalue weighted by Crippen LogP contribution is 2.42. The Morgan fingerprint density at radius 1 is 1.32 bits per heavy atom. The number of hydrogen-bond donors (Lipinski definition) is 1. The third-order valence-corrected chi connectivity index (χ3v) is 6.04. The Labute approximate surface area is 173 Å². The Morgan fingerprint density at radius 3 is 2.79 bits per heavy atom. The minimum atomic E-state index is -0.122. The fraction of sp³-hybridized carbons (Fsp3) is 0.348. The SMILES string of the molecule is Cc1cc(O)c(CN2CCCC(C)C2)c2c1C(=O)/C(=C\c1ccc(Br)cc1)O2. The number of aromatic hydroxyl groups is 1. The Bertz CT molecular complexity index is 949. The number of aryl methyl sites for hydroxylation is 1. The number of rotatable bonds is 3. The fourth-order valence-electron chi connectivity index (χ4n) is 4.10.